The Morgan fingerprint density at radius 2 is 1.69 bits per heavy atom. The van der Waals surface area contributed by atoms with Crippen molar-refractivity contribution in [3.05, 3.63) is 39.6 Å². The zero-order valence-electron chi connectivity index (χ0n) is 16.9. The first kappa shape index (κ1) is 24.2. The molecule has 1 aromatic rings. The summed E-state index contributed by atoms with van der Waals surface area (Å²) in [4.78, 5) is 12.9. The number of halogens is 3. The number of carbonyl (C=O) groups excluding carboxylic acids is 1. The second kappa shape index (κ2) is 12.6. The van der Waals surface area contributed by atoms with Crippen molar-refractivity contribution < 1.29 is 22.7 Å². The highest BCUT2D eigenvalue weighted by Gasteiger charge is 2.31. The predicted octanol–water partition coefficient (Wildman–Crippen LogP) is 7.54. The van der Waals surface area contributed by atoms with Gasteiger partial charge in [0.1, 0.15) is 0 Å². The lowest BCUT2D eigenvalue weighted by Crippen LogP contribution is -2.11. The summed E-state index contributed by atoms with van der Waals surface area (Å²) in [7, 11) is 0. The molecule has 0 atom stereocenters. The van der Waals surface area contributed by atoms with Crippen LogP contribution in [0.3, 0.4) is 0 Å². The lowest BCUT2D eigenvalue weighted by Gasteiger charge is -2.15. The maximum atomic E-state index is 13.2. The van der Waals surface area contributed by atoms with Gasteiger partial charge in [-0.1, -0.05) is 51.2 Å². The molecule has 0 aromatic heterocycles. The Morgan fingerprint density at radius 1 is 1.03 bits per heavy atom. The molecule has 0 amide bonds. The second-order valence-corrected chi connectivity index (χ2v) is 9.52. The Balaban J connectivity index is 2.14. The van der Waals surface area contributed by atoms with Crippen molar-refractivity contribution in [1.29, 1.82) is 0 Å². The van der Waals surface area contributed by atoms with E-state index in [1.54, 1.807) is 29.6 Å². The molecule has 1 heterocycles. The number of unbranched alkanes of at least 4 members (excludes halogenated alkanes) is 5. The van der Waals surface area contributed by atoms with Crippen molar-refractivity contribution in [1.82, 2.24) is 0 Å². The van der Waals surface area contributed by atoms with Gasteiger partial charge in [0.2, 0.25) is 0 Å². The molecule has 29 heavy (non-hydrogen) atoms. The number of alkyl halides is 3. The molecule has 0 saturated carbocycles. The minimum atomic E-state index is -4.45. The van der Waals surface area contributed by atoms with Crippen LogP contribution in [-0.4, -0.2) is 24.1 Å². The van der Waals surface area contributed by atoms with Crippen LogP contribution in [0.4, 0.5) is 13.2 Å². The van der Waals surface area contributed by atoms with Crippen molar-refractivity contribution in [2.75, 3.05) is 18.1 Å². The van der Waals surface area contributed by atoms with E-state index in [0.29, 0.717) is 6.61 Å². The molecule has 1 aromatic carbocycles. The molecule has 0 unspecified atom stereocenters. The number of hydrogen-bond donors (Lipinski definition) is 0. The number of carbonyl (C=O) groups is 1. The first-order chi connectivity index (χ1) is 13.9. The van der Waals surface area contributed by atoms with E-state index in [-0.39, 0.29) is 11.1 Å². The highest BCUT2D eigenvalue weighted by molar-refractivity contribution is 8.22. The summed E-state index contributed by atoms with van der Waals surface area (Å²) in [6.07, 6.45) is 4.06. The van der Waals surface area contributed by atoms with Gasteiger partial charge in [-0.25, -0.2) is 4.79 Å². The topological polar surface area (TPSA) is 26.3 Å². The third kappa shape index (κ3) is 8.28. The molecule has 1 aliphatic heterocycles. The highest BCUT2D eigenvalue weighted by Crippen LogP contribution is 2.41. The van der Waals surface area contributed by atoms with Crippen LogP contribution in [0, 0.1) is 0 Å². The van der Waals surface area contributed by atoms with E-state index in [0.717, 1.165) is 60.0 Å². The number of esters is 1. The van der Waals surface area contributed by atoms with Crippen LogP contribution in [0.5, 0.6) is 0 Å². The second-order valence-electron chi connectivity index (χ2n) is 7.05. The van der Waals surface area contributed by atoms with Crippen molar-refractivity contribution >= 4 is 35.1 Å². The fourth-order valence-corrected chi connectivity index (χ4v) is 5.60. The Kier molecular flexibility index (Phi) is 10.5. The number of hydrogen-bond acceptors (Lipinski definition) is 4. The fourth-order valence-electron chi connectivity index (χ4n) is 3.01. The van der Waals surface area contributed by atoms with E-state index in [9.17, 15) is 18.0 Å². The summed E-state index contributed by atoms with van der Waals surface area (Å²) in [5, 5.41) is 0. The van der Waals surface area contributed by atoms with Gasteiger partial charge in [-0.15, -0.1) is 23.5 Å². The Morgan fingerprint density at radius 3 is 2.34 bits per heavy atom. The Labute approximate surface area is 180 Å². The van der Waals surface area contributed by atoms with Crippen molar-refractivity contribution in [3.63, 3.8) is 0 Å². The van der Waals surface area contributed by atoms with Crippen LogP contribution in [-0.2, 0) is 15.7 Å². The average Bonchev–Trinajstić information content (AvgIpc) is 2.96. The van der Waals surface area contributed by atoms with Crippen molar-refractivity contribution in [3.8, 4) is 0 Å². The summed E-state index contributed by atoms with van der Waals surface area (Å²) in [5.74, 6) is 1.19. The van der Waals surface area contributed by atoms with Crippen molar-refractivity contribution in [2.24, 2.45) is 0 Å². The predicted molar refractivity (Wildman–Crippen MR) is 117 cm³/mol. The molecular weight excluding hydrogens is 417 g/mol. The number of benzene rings is 1. The Hall–Kier alpha value is -1.08. The molecule has 1 saturated heterocycles. The van der Waals surface area contributed by atoms with Gasteiger partial charge in [0.25, 0.3) is 0 Å². The fraction of sp³-hybridized carbons (Fsp3) is 0.591. The molecule has 0 N–H and O–H groups in total. The summed E-state index contributed by atoms with van der Waals surface area (Å²) in [6, 6.07) is 5.00. The zero-order valence-corrected chi connectivity index (χ0v) is 18.5. The van der Waals surface area contributed by atoms with Crippen LogP contribution in [0.25, 0.3) is 5.57 Å². The summed E-state index contributed by atoms with van der Waals surface area (Å²) < 4.78 is 45.8. The molecule has 0 aliphatic carbocycles. The quantitative estimate of drug-likeness (QED) is 0.222. The molecule has 2 rings (SSSR count). The molecule has 0 spiro atoms. The van der Waals surface area contributed by atoms with Gasteiger partial charge in [0, 0.05) is 0 Å². The lowest BCUT2D eigenvalue weighted by molar-refractivity contribution is -0.138. The summed E-state index contributed by atoms with van der Waals surface area (Å²) in [6.45, 7) is 2.46. The largest absolute Gasteiger partial charge is 0.462 e. The minimum absolute atomic E-state index is 0.277. The molecule has 0 radical (unpaired) electrons. The van der Waals surface area contributed by atoms with Gasteiger partial charge in [-0.2, -0.15) is 13.2 Å². The monoisotopic (exact) mass is 446 g/mol. The van der Waals surface area contributed by atoms with E-state index >= 15 is 0 Å². The molecule has 162 valence electrons. The van der Waals surface area contributed by atoms with Gasteiger partial charge >= 0.3 is 12.1 Å². The van der Waals surface area contributed by atoms with Gasteiger partial charge in [-0.05, 0) is 48.5 Å². The van der Waals surface area contributed by atoms with Crippen LogP contribution in [0.2, 0.25) is 0 Å². The molecule has 1 fully saturated rings. The standard InChI is InChI=1S/C22H29F3O2S2/c1-2-3-4-5-6-7-13-27-20(26)19(21-28-14-8-9-15-29-21)17-11-10-12-18(16-17)22(23,24)25/h10-12,16H,2-9,13-15H2,1H3. The highest BCUT2D eigenvalue weighted by atomic mass is 32.2. The first-order valence-corrected chi connectivity index (χ1v) is 12.2. The van der Waals surface area contributed by atoms with Crippen LogP contribution >= 0.6 is 23.5 Å². The number of thioether (sulfide) groups is 2. The number of ether oxygens (including phenoxy) is 1. The average molecular weight is 447 g/mol. The van der Waals surface area contributed by atoms with Gasteiger partial charge in [0.15, 0.2) is 0 Å². The SMILES string of the molecule is CCCCCCCCOC(=O)C(=C1SCCCCS1)c1cccc(C(F)(F)F)c1. The lowest BCUT2D eigenvalue weighted by atomic mass is 10.0. The number of rotatable bonds is 9. The van der Waals surface area contributed by atoms with Crippen LogP contribution in [0.15, 0.2) is 28.5 Å². The molecule has 0 bridgehead atoms. The van der Waals surface area contributed by atoms with E-state index < -0.39 is 17.7 Å². The van der Waals surface area contributed by atoms with E-state index in [1.807, 2.05) is 0 Å². The van der Waals surface area contributed by atoms with E-state index in [1.165, 1.54) is 25.3 Å². The smallest absolute Gasteiger partial charge is 0.416 e. The third-order valence-corrected chi connectivity index (χ3v) is 7.25. The van der Waals surface area contributed by atoms with E-state index in [4.69, 9.17) is 4.74 Å². The summed E-state index contributed by atoms with van der Waals surface area (Å²) >= 11 is 3.08. The molecule has 7 heteroatoms. The first-order valence-electron chi connectivity index (χ1n) is 10.3. The van der Waals surface area contributed by atoms with Gasteiger partial charge in [-0.3, -0.25) is 0 Å². The maximum absolute atomic E-state index is 13.2. The third-order valence-electron chi connectivity index (χ3n) is 4.62. The van der Waals surface area contributed by atoms with Gasteiger partial charge in [0.05, 0.1) is 22.0 Å². The van der Waals surface area contributed by atoms with Crippen LogP contribution < -0.4 is 0 Å². The van der Waals surface area contributed by atoms with Crippen LogP contribution in [0.1, 0.15) is 69.4 Å². The Bertz CT molecular complexity index is 677. The van der Waals surface area contributed by atoms with Crippen molar-refractivity contribution in [2.45, 2.75) is 64.5 Å². The molecule has 1 aliphatic rings. The molecular formula is C22H29F3O2S2. The minimum Gasteiger partial charge on any atom is -0.462 e. The summed E-state index contributed by atoms with van der Waals surface area (Å²) in [5.41, 5.74) is -0.191. The maximum Gasteiger partial charge on any atom is 0.416 e. The van der Waals surface area contributed by atoms with E-state index in [2.05, 4.69) is 6.92 Å². The normalized spacial score (nSPS) is 15.1. The molecule has 2 nitrogen and oxygen atoms in total. The van der Waals surface area contributed by atoms with Gasteiger partial charge < -0.3 is 4.74 Å². The zero-order chi connectivity index (χ0) is 21.1.